The number of carbonyl (C=O) groups is 4. The smallest absolute Gasteiger partial charge is 0.305 e. The van der Waals surface area contributed by atoms with E-state index in [1.807, 2.05) is 0 Å². The molecule has 4 atom stereocenters. The first-order chi connectivity index (χ1) is 14.5. The summed E-state index contributed by atoms with van der Waals surface area (Å²) in [6.07, 6.45) is 1.43. The summed E-state index contributed by atoms with van der Waals surface area (Å²) in [5, 5.41) is 11.1. The first-order valence-corrected chi connectivity index (χ1v) is 9.37. The first kappa shape index (κ1) is 20.7. The van der Waals surface area contributed by atoms with Crippen LogP contribution in [-0.4, -0.2) is 46.2 Å². The van der Waals surface area contributed by atoms with Gasteiger partial charge in [0.25, 0.3) is 12.0 Å². The van der Waals surface area contributed by atoms with E-state index in [1.165, 1.54) is 24.3 Å². The van der Waals surface area contributed by atoms with Crippen molar-refractivity contribution in [2.75, 3.05) is 4.90 Å². The molecule has 0 saturated carbocycles. The molecule has 1 aromatic rings. The van der Waals surface area contributed by atoms with Gasteiger partial charge in [0.1, 0.15) is 0 Å². The van der Waals surface area contributed by atoms with Gasteiger partial charge in [-0.15, -0.1) is 0 Å². The summed E-state index contributed by atoms with van der Waals surface area (Å²) in [4.78, 5) is 61.4. The molecule has 11 heteroatoms. The average molecular weight is 430 g/mol. The molecule has 3 heterocycles. The van der Waals surface area contributed by atoms with Crippen molar-refractivity contribution in [3.05, 3.63) is 46.5 Å². The molecule has 0 N–H and O–H groups in total. The van der Waals surface area contributed by atoms with Crippen LogP contribution in [0.4, 0.5) is 11.4 Å². The number of nitrogens with zero attached hydrogens (tertiary/aromatic N) is 2. The molecule has 0 aliphatic carbocycles. The third-order valence-electron chi connectivity index (χ3n) is 5.69. The zero-order chi connectivity index (χ0) is 22.7. The molecule has 0 unspecified atom stereocenters. The Kier molecular flexibility index (Phi) is 4.47. The van der Waals surface area contributed by atoms with Gasteiger partial charge in [-0.2, -0.15) is 0 Å². The van der Waals surface area contributed by atoms with Crippen molar-refractivity contribution in [3.8, 4) is 0 Å². The number of ether oxygens (including phenoxy) is 3. The zero-order valence-electron chi connectivity index (χ0n) is 16.8. The number of anilines is 1. The Balaban J connectivity index is 1.79. The van der Waals surface area contributed by atoms with Crippen molar-refractivity contribution in [1.29, 1.82) is 0 Å². The van der Waals surface area contributed by atoms with Crippen molar-refractivity contribution in [1.82, 2.24) is 0 Å². The summed E-state index contributed by atoms with van der Waals surface area (Å²) in [5.41, 5.74) is -3.19. The fourth-order valence-electron chi connectivity index (χ4n) is 4.56. The van der Waals surface area contributed by atoms with E-state index in [4.69, 9.17) is 14.2 Å². The lowest BCUT2D eigenvalue weighted by Crippen LogP contribution is -2.52. The van der Waals surface area contributed by atoms with Crippen LogP contribution in [0, 0.1) is 22.0 Å². The molecule has 2 fully saturated rings. The highest BCUT2D eigenvalue weighted by Gasteiger charge is 2.76. The number of carbonyl (C=O) groups excluding carboxylic acids is 4. The average Bonchev–Trinajstić information content (AvgIpc) is 3.26. The monoisotopic (exact) mass is 430 g/mol. The molecule has 31 heavy (non-hydrogen) atoms. The molecule has 11 nitrogen and oxygen atoms in total. The van der Waals surface area contributed by atoms with Crippen LogP contribution in [0.2, 0.25) is 0 Å². The highest BCUT2D eigenvalue weighted by molar-refractivity contribution is 6.23. The van der Waals surface area contributed by atoms with Crippen LogP contribution in [0.25, 0.3) is 0 Å². The molecular formula is C20H18N2O9. The van der Waals surface area contributed by atoms with E-state index in [9.17, 15) is 29.3 Å². The number of amides is 2. The van der Waals surface area contributed by atoms with Crippen molar-refractivity contribution < 1.29 is 38.3 Å². The summed E-state index contributed by atoms with van der Waals surface area (Å²) < 4.78 is 16.4. The number of esters is 2. The number of rotatable bonds is 5. The van der Waals surface area contributed by atoms with E-state index < -0.39 is 58.0 Å². The highest BCUT2D eigenvalue weighted by atomic mass is 16.7. The molecule has 2 amide bonds. The maximum absolute atomic E-state index is 13.4. The number of non-ortho nitro benzene ring substituents is 1. The van der Waals surface area contributed by atoms with E-state index in [0.29, 0.717) is 0 Å². The number of hydrogen-bond donors (Lipinski definition) is 0. The third kappa shape index (κ3) is 2.92. The standard InChI is InChI=1S/C20H18N2O9/c1-10(23)29-18(30-11(2)24)20-8-7-19(3,31-20)14-15(20)17(26)21(16(14)25)12-5-4-6-13(9-12)22(27)28/h4-9,14-15,18H,1-3H3/t14-,15-,19-,20+/m1/s1. The van der Waals surface area contributed by atoms with Crippen LogP contribution in [0.1, 0.15) is 20.8 Å². The molecule has 2 saturated heterocycles. The number of hydrogen-bond acceptors (Lipinski definition) is 9. The summed E-state index contributed by atoms with van der Waals surface area (Å²) in [7, 11) is 0. The minimum absolute atomic E-state index is 0.0354. The van der Waals surface area contributed by atoms with E-state index in [-0.39, 0.29) is 11.4 Å². The molecule has 3 aliphatic heterocycles. The topological polar surface area (TPSA) is 142 Å². The Morgan fingerprint density at radius 3 is 2.32 bits per heavy atom. The molecule has 2 bridgehead atoms. The highest BCUT2D eigenvalue weighted by Crippen LogP contribution is 2.59. The van der Waals surface area contributed by atoms with Gasteiger partial charge in [-0.3, -0.25) is 29.3 Å². The zero-order valence-corrected chi connectivity index (χ0v) is 16.8. The summed E-state index contributed by atoms with van der Waals surface area (Å²) in [6, 6.07) is 5.13. The normalized spacial score (nSPS) is 30.6. The van der Waals surface area contributed by atoms with E-state index in [1.54, 1.807) is 13.0 Å². The van der Waals surface area contributed by atoms with Crippen LogP contribution in [0.5, 0.6) is 0 Å². The number of nitro groups is 1. The minimum Gasteiger partial charge on any atom is -0.422 e. The molecule has 0 radical (unpaired) electrons. The largest absolute Gasteiger partial charge is 0.422 e. The predicted octanol–water partition coefficient (Wildman–Crippen LogP) is 1.25. The molecule has 3 aliphatic rings. The maximum Gasteiger partial charge on any atom is 0.305 e. The second-order valence-electron chi connectivity index (χ2n) is 7.77. The molecule has 0 spiro atoms. The van der Waals surface area contributed by atoms with E-state index in [0.717, 1.165) is 24.8 Å². The Morgan fingerprint density at radius 1 is 1.13 bits per heavy atom. The quantitative estimate of drug-likeness (QED) is 0.168. The van der Waals surface area contributed by atoms with Crippen LogP contribution in [-0.2, 0) is 33.4 Å². The SMILES string of the molecule is CC(=O)OC(OC(C)=O)[C@@]12C=C[C@@](C)(O1)[C@H]1C(=O)N(c3cccc([N+](=O)[O-])c3)C(=O)[C@@H]12. The number of benzene rings is 1. The van der Waals surface area contributed by atoms with Gasteiger partial charge in [0.15, 0.2) is 5.60 Å². The minimum atomic E-state index is -1.71. The van der Waals surface area contributed by atoms with Crippen molar-refractivity contribution in [2.45, 2.75) is 38.3 Å². The fourth-order valence-corrected chi connectivity index (χ4v) is 4.56. The predicted molar refractivity (Wildman–Crippen MR) is 101 cm³/mol. The second kappa shape index (κ2) is 6.71. The number of fused-ring (bicyclic) bond motifs is 5. The van der Waals surface area contributed by atoms with Crippen LogP contribution in [0.3, 0.4) is 0 Å². The summed E-state index contributed by atoms with van der Waals surface area (Å²) in [6.45, 7) is 3.81. The Morgan fingerprint density at radius 2 is 1.74 bits per heavy atom. The van der Waals surface area contributed by atoms with E-state index in [2.05, 4.69) is 0 Å². The van der Waals surface area contributed by atoms with Crippen LogP contribution in [0.15, 0.2) is 36.4 Å². The molecular weight excluding hydrogens is 412 g/mol. The van der Waals surface area contributed by atoms with Gasteiger partial charge >= 0.3 is 11.9 Å². The van der Waals surface area contributed by atoms with Gasteiger partial charge in [-0.1, -0.05) is 12.1 Å². The maximum atomic E-state index is 13.4. The van der Waals surface area contributed by atoms with Crippen LogP contribution >= 0.6 is 0 Å². The van der Waals surface area contributed by atoms with Gasteiger partial charge in [0.2, 0.25) is 11.8 Å². The molecule has 4 rings (SSSR count). The number of imide groups is 1. The lowest BCUT2D eigenvalue weighted by atomic mass is 9.72. The van der Waals surface area contributed by atoms with Crippen LogP contribution < -0.4 is 4.90 Å². The second-order valence-corrected chi connectivity index (χ2v) is 7.77. The van der Waals surface area contributed by atoms with Gasteiger partial charge in [-0.25, -0.2) is 4.90 Å². The lowest BCUT2D eigenvalue weighted by molar-refractivity contribution is -0.384. The summed E-state index contributed by atoms with van der Waals surface area (Å²) >= 11 is 0. The Bertz CT molecular complexity index is 1050. The van der Waals surface area contributed by atoms with Gasteiger partial charge < -0.3 is 14.2 Å². The molecule has 162 valence electrons. The number of nitro benzene ring substituents is 1. The lowest BCUT2D eigenvalue weighted by Gasteiger charge is -2.34. The van der Waals surface area contributed by atoms with Crippen molar-refractivity contribution in [2.24, 2.45) is 11.8 Å². The molecule has 0 aromatic heterocycles. The van der Waals surface area contributed by atoms with E-state index >= 15 is 0 Å². The van der Waals surface area contributed by atoms with Crippen molar-refractivity contribution in [3.63, 3.8) is 0 Å². The van der Waals surface area contributed by atoms with Gasteiger partial charge in [-0.05, 0) is 19.1 Å². The van der Waals surface area contributed by atoms with Gasteiger partial charge in [0, 0.05) is 26.0 Å². The third-order valence-corrected chi connectivity index (χ3v) is 5.69. The van der Waals surface area contributed by atoms with Gasteiger partial charge in [0.05, 0.1) is 28.0 Å². The fraction of sp³-hybridized carbons (Fsp3) is 0.400. The molecule has 1 aromatic carbocycles. The first-order valence-electron chi connectivity index (χ1n) is 9.37. The van der Waals surface area contributed by atoms with Crippen molar-refractivity contribution >= 4 is 35.1 Å². The Labute approximate surface area is 175 Å². The summed E-state index contributed by atoms with van der Waals surface area (Å²) in [5.74, 6) is -5.04. The Hall–Kier alpha value is -3.60.